The Bertz CT molecular complexity index is 1010. The molecule has 10 heteroatoms. The van der Waals surface area contributed by atoms with Crippen molar-refractivity contribution in [2.45, 2.75) is 12.5 Å². The molecule has 29 heavy (non-hydrogen) atoms. The second kappa shape index (κ2) is 8.87. The quantitative estimate of drug-likeness (QED) is 0.517. The van der Waals surface area contributed by atoms with Gasteiger partial charge in [-0.25, -0.2) is 4.79 Å². The molecule has 2 heterocycles. The number of hydrogen-bond acceptors (Lipinski definition) is 8. The van der Waals surface area contributed by atoms with E-state index in [4.69, 9.17) is 47.6 Å². The van der Waals surface area contributed by atoms with Crippen molar-refractivity contribution in [2.24, 2.45) is 5.73 Å². The molecular weight excluding hydrogens is 425 g/mol. The molecule has 1 aliphatic rings. The predicted octanol–water partition coefficient (Wildman–Crippen LogP) is 2.32. The molecule has 3 N–H and O–H groups in total. The summed E-state index contributed by atoms with van der Waals surface area (Å²) in [6, 6.07) is 5.82. The smallest absolute Gasteiger partial charge is 0.340 e. The van der Waals surface area contributed by atoms with Gasteiger partial charge in [-0.15, -0.1) is 0 Å². The number of aliphatic hydroxyl groups excluding tert-OH is 1. The summed E-state index contributed by atoms with van der Waals surface area (Å²) in [6.07, 6.45) is 0. The topological polar surface area (TPSA) is 121 Å². The van der Waals surface area contributed by atoms with Gasteiger partial charge in [0.1, 0.15) is 24.5 Å². The highest BCUT2D eigenvalue weighted by Gasteiger charge is 2.41. The minimum absolute atomic E-state index is 0.0295. The summed E-state index contributed by atoms with van der Waals surface area (Å²) in [7, 11) is 1.46. The maximum Gasteiger partial charge on any atom is 0.340 e. The van der Waals surface area contributed by atoms with Gasteiger partial charge in [-0.3, -0.25) is 4.79 Å². The highest BCUT2D eigenvalue weighted by Crippen LogP contribution is 2.46. The van der Waals surface area contributed by atoms with E-state index in [2.05, 4.69) is 0 Å². The maximum absolute atomic E-state index is 12.8. The van der Waals surface area contributed by atoms with Gasteiger partial charge in [0, 0.05) is 28.8 Å². The normalized spacial score (nSPS) is 15.7. The molecule has 0 saturated heterocycles. The first kappa shape index (κ1) is 21.2. The Labute approximate surface area is 175 Å². The van der Waals surface area contributed by atoms with E-state index in [1.54, 1.807) is 18.2 Å². The molecule has 2 aromatic rings. The molecular formula is C19H17Cl2NO7. The molecule has 1 aromatic carbocycles. The first-order valence-corrected chi connectivity index (χ1v) is 9.19. The molecule has 8 nitrogen and oxygen atoms in total. The van der Waals surface area contributed by atoms with E-state index in [1.807, 2.05) is 0 Å². The average Bonchev–Trinajstić information content (AvgIpc) is 2.68. The minimum atomic E-state index is -1.09. The Hall–Kier alpha value is -2.52. The van der Waals surface area contributed by atoms with E-state index in [9.17, 15) is 14.7 Å². The number of rotatable bonds is 6. The van der Waals surface area contributed by atoms with E-state index in [1.165, 1.54) is 7.11 Å². The van der Waals surface area contributed by atoms with Crippen LogP contribution >= 0.6 is 23.2 Å². The van der Waals surface area contributed by atoms with Crippen LogP contribution < -0.4 is 15.9 Å². The lowest BCUT2D eigenvalue weighted by Gasteiger charge is -2.28. The van der Waals surface area contributed by atoms with Crippen LogP contribution in [-0.4, -0.2) is 31.4 Å². The molecule has 0 aliphatic carbocycles. The lowest BCUT2D eigenvalue weighted by molar-refractivity contribution is -0.140. The van der Waals surface area contributed by atoms with Gasteiger partial charge in [0.2, 0.25) is 17.1 Å². The first-order chi connectivity index (χ1) is 13.9. The van der Waals surface area contributed by atoms with Gasteiger partial charge in [-0.2, -0.15) is 0 Å². The number of methoxy groups -OCH3 is 1. The van der Waals surface area contributed by atoms with Crippen LogP contribution in [0.1, 0.15) is 23.0 Å². The summed E-state index contributed by atoms with van der Waals surface area (Å²) in [5.41, 5.74) is 5.53. The van der Waals surface area contributed by atoms with Crippen molar-refractivity contribution < 1.29 is 28.5 Å². The van der Waals surface area contributed by atoms with Gasteiger partial charge in [-0.1, -0.05) is 29.3 Å². The maximum atomic E-state index is 12.8. The van der Waals surface area contributed by atoms with Crippen LogP contribution in [0.15, 0.2) is 44.9 Å². The number of benzene rings is 1. The van der Waals surface area contributed by atoms with Gasteiger partial charge in [-0.05, 0) is 12.1 Å². The van der Waals surface area contributed by atoms with Crippen LogP contribution in [0.4, 0.5) is 0 Å². The molecule has 154 valence electrons. The molecule has 0 radical (unpaired) electrons. The Morgan fingerprint density at radius 1 is 1.28 bits per heavy atom. The first-order valence-electron chi connectivity index (χ1n) is 8.44. The minimum Gasteiger partial charge on any atom is -0.460 e. The number of ether oxygens (including phenoxy) is 3. The second-order valence-corrected chi connectivity index (χ2v) is 6.82. The van der Waals surface area contributed by atoms with Crippen LogP contribution in [0.5, 0.6) is 5.75 Å². The summed E-state index contributed by atoms with van der Waals surface area (Å²) in [6.45, 7) is -0.418. The highest BCUT2D eigenvalue weighted by atomic mass is 35.5. The van der Waals surface area contributed by atoms with E-state index in [0.29, 0.717) is 0 Å². The third kappa shape index (κ3) is 4.11. The van der Waals surface area contributed by atoms with Crippen LogP contribution in [0.25, 0.3) is 0 Å². The summed E-state index contributed by atoms with van der Waals surface area (Å²) >= 11 is 12.7. The number of aliphatic hydroxyl groups is 1. The van der Waals surface area contributed by atoms with Gasteiger partial charge >= 0.3 is 5.97 Å². The molecule has 0 bridgehead atoms. The zero-order valence-corrected chi connectivity index (χ0v) is 16.7. The lowest BCUT2D eigenvalue weighted by Crippen LogP contribution is -2.30. The fourth-order valence-corrected chi connectivity index (χ4v) is 3.55. The van der Waals surface area contributed by atoms with E-state index in [0.717, 1.165) is 6.07 Å². The van der Waals surface area contributed by atoms with Crippen LogP contribution in [0.2, 0.25) is 10.0 Å². The number of fused-ring (bicyclic) bond motifs is 1. The van der Waals surface area contributed by atoms with E-state index >= 15 is 0 Å². The number of carbonyl (C=O) groups is 1. The molecule has 1 aromatic heterocycles. The zero-order valence-electron chi connectivity index (χ0n) is 15.2. The number of halogens is 2. The second-order valence-electron chi connectivity index (χ2n) is 6.01. The monoisotopic (exact) mass is 441 g/mol. The van der Waals surface area contributed by atoms with Crippen LogP contribution in [-0.2, 0) is 20.9 Å². The summed E-state index contributed by atoms with van der Waals surface area (Å²) in [5, 5.41) is 9.85. The Balaban J connectivity index is 2.24. The summed E-state index contributed by atoms with van der Waals surface area (Å²) in [5.74, 6) is -2.57. The molecule has 3 rings (SSSR count). The van der Waals surface area contributed by atoms with Crippen LogP contribution in [0.3, 0.4) is 0 Å². The molecule has 0 spiro atoms. The highest BCUT2D eigenvalue weighted by molar-refractivity contribution is 6.36. The molecule has 1 unspecified atom stereocenters. The van der Waals surface area contributed by atoms with Crippen molar-refractivity contribution in [3.8, 4) is 5.75 Å². The number of hydrogen-bond donors (Lipinski definition) is 2. The molecule has 0 amide bonds. The third-order valence-electron chi connectivity index (χ3n) is 4.19. The molecule has 0 saturated carbocycles. The summed E-state index contributed by atoms with van der Waals surface area (Å²) < 4.78 is 21.1. The van der Waals surface area contributed by atoms with Gasteiger partial charge in [0.15, 0.2) is 5.76 Å². The van der Waals surface area contributed by atoms with E-state index < -0.39 is 23.9 Å². The van der Waals surface area contributed by atoms with Crippen molar-refractivity contribution >= 4 is 29.2 Å². The van der Waals surface area contributed by atoms with Gasteiger partial charge < -0.3 is 29.5 Å². The van der Waals surface area contributed by atoms with Crippen molar-refractivity contribution in [3.63, 3.8) is 0 Å². The molecule has 1 aliphatic heterocycles. The molecule has 1 atom stereocenters. The van der Waals surface area contributed by atoms with Crippen molar-refractivity contribution in [3.05, 3.63) is 73.1 Å². The average molecular weight is 442 g/mol. The largest absolute Gasteiger partial charge is 0.460 e. The summed E-state index contributed by atoms with van der Waals surface area (Å²) in [4.78, 5) is 25.2. The SMILES string of the molecule is COCCOC(=O)C1=C(N)Oc2c(oc(CO)cc2=O)C1c1c(Cl)cccc1Cl. The predicted molar refractivity (Wildman–Crippen MR) is 104 cm³/mol. The number of esters is 1. The van der Waals surface area contributed by atoms with Gasteiger partial charge in [0.05, 0.1) is 12.5 Å². The molecule has 0 fully saturated rings. The van der Waals surface area contributed by atoms with Crippen molar-refractivity contribution in [1.82, 2.24) is 0 Å². The third-order valence-corrected chi connectivity index (χ3v) is 4.85. The Kier molecular flexibility index (Phi) is 6.49. The fourth-order valence-electron chi connectivity index (χ4n) is 2.93. The van der Waals surface area contributed by atoms with Crippen molar-refractivity contribution in [2.75, 3.05) is 20.3 Å². The fraction of sp³-hybridized carbons (Fsp3) is 0.263. The zero-order chi connectivity index (χ0) is 21.1. The van der Waals surface area contributed by atoms with Gasteiger partial charge in [0.25, 0.3) is 0 Å². The lowest BCUT2D eigenvalue weighted by atomic mass is 9.86. The van der Waals surface area contributed by atoms with E-state index in [-0.39, 0.29) is 57.5 Å². The standard InChI is InChI=1S/C19H17Cl2NO7/c1-26-5-6-27-19(25)15-14(13-10(20)3-2-4-11(13)21)17-16(29-18(15)22)12(24)7-9(8-23)28-17/h2-4,7,14,23H,5-6,8,22H2,1H3. The number of nitrogens with two attached hydrogens (primary N) is 1. The van der Waals surface area contributed by atoms with Crippen LogP contribution in [0, 0.1) is 0 Å². The Morgan fingerprint density at radius 2 is 1.97 bits per heavy atom. The Morgan fingerprint density at radius 3 is 2.59 bits per heavy atom. The number of carbonyl (C=O) groups excluding carboxylic acids is 1. The van der Waals surface area contributed by atoms with Crippen molar-refractivity contribution in [1.29, 1.82) is 0 Å².